The van der Waals surface area contributed by atoms with E-state index in [2.05, 4.69) is 4.98 Å². The third kappa shape index (κ3) is 2.50. The topological polar surface area (TPSA) is 59.4 Å². The molecule has 1 rings (SSSR count). The summed E-state index contributed by atoms with van der Waals surface area (Å²) in [5.74, 6) is -0.994. The molecule has 1 heterocycles. The molecule has 0 amide bonds. The van der Waals surface area contributed by atoms with Gasteiger partial charge in [-0.15, -0.1) is 11.3 Å². The Morgan fingerprint density at radius 1 is 1.85 bits per heavy atom. The molecule has 0 fully saturated rings. The number of aromatic carboxylic acids is 1. The van der Waals surface area contributed by atoms with E-state index in [9.17, 15) is 4.79 Å². The molecular weight excluding hydrogens is 190 g/mol. The number of aromatic nitrogens is 1. The fourth-order valence-corrected chi connectivity index (χ4v) is 1.69. The maximum atomic E-state index is 10.5. The quantitative estimate of drug-likeness (QED) is 0.808. The summed E-state index contributed by atoms with van der Waals surface area (Å²) in [4.78, 5) is 14.4. The Balaban J connectivity index is 2.73. The van der Waals surface area contributed by atoms with Crippen LogP contribution in [0.2, 0.25) is 0 Å². The van der Waals surface area contributed by atoms with Gasteiger partial charge in [0.05, 0.1) is 0 Å². The van der Waals surface area contributed by atoms with Gasteiger partial charge in [-0.05, 0) is 13.8 Å². The van der Waals surface area contributed by atoms with E-state index in [0.717, 1.165) is 0 Å². The molecule has 0 saturated heterocycles. The fraction of sp³-hybridized carbons (Fsp3) is 0.500. The molecule has 1 aromatic rings. The monoisotopic (exact) mass is 201 g/mol. The Kier molecular flexibility index (Phi) is 3.39. The molecule has 0 bridgehead atoms. The Bertz CT molecular complexity index is 297. The standard InChI is InChI=1S/C8H11NO3S/c1-3-12-5(2)7-9-6(4-13-7)8(10)11/h4-5H,3H2,1-2H3,(H,10,11). The summed E-state index contributed by atoms with van der Waals surface area (Å²) in [6.45, 7) is 4.35. The van der Waals surface area contributed by atoms with Crippen molar-refractivity contribution in [2.45, 2.75) is 20.0 Å². The van der Waals surface area contributed by atoms with E-state index in [4.69, 9.17) is 9.84 Å². The summed E-state index contributed by atoms with van der Waals surface area (Å²) < 4.78 is 5.28. The van der Waals surface area contributed by atoms with Crippen LogP contribution in [0, 0.1) is 0 Å². The van der Waals surface area contributed by atoms with Crippen molar-refractivity contribution in [2.24, 2.45) is 0 Å². The van der Waals surface area contributed by atoms with Gasteiger partial charge in [-0.2, -0.15) is 0 Å². The molecule has 1 unspecified atom stereocenters. The smallest absolute Gasteiger partial charge is 0.355 e. The number of hydrogen-bond acceptors (Lipinski definition) is 4. The predicted octanol–water partition coefficient (Wildman–Crippen LogP) is 1.94. The molecular formula is C8H11NO3S. The maximum Gasteiger partial charge on any atom is 0.355 e. The summed E-state index contributed by atoms with van der Waals surface area (Å²) in [6.07, 6.45) is -0.122. The molecule has 1 atom stereocenters. The third-order valence-corrected chi connectivity index (χ3v) is 2.51. The average Bonchev–Trinajstić information content (AvgIpc) is 2.52. The van der Waals surface area contributed by atoms with Gasteiger partial charge >= 0.3 is 5.97 Å². The van der Waals surface area contributed by atoms with E-state index in [1.807, 2.05) is 13.8 Å². The minimum atomic E-state index is -0.994. The zero-order valence-corrected chi connectivity index (χ0v) is 8.30. The van der Waals surface area contributed by atoms with Gasteiger partial charge in [-0.25, -0.2) is 9.78 Å². The maximum absolute atomic E-state index is 10.5. The van der Waals surface area contributed by atoms with E-state index in [0.29, 0.717) is 11.6 Å². The molecule has 0 saturated carbocycles. The van der Waals surface area contributed by atoms with Crippen molar-refractivity contribution in [1.82, 2.24) is 4.98 Å². The van der Waals surface area contributed by atoms with Crippen LogP contribution < -0.4 is 0 Å². The molecule has 0 radical (unpaired) electrons. The van der Waals surface area contributed by atoms with E-state index in [-0.39, 0.29) is 11.8 Å². The number of nitrogens with zero attached hydrogens (tertiary/aromatic N) is 1. The van der Waals surface area contributed by atoms with Crippen LogP contribution in [0.4, 0.5) is 0 Å². The van der Waals surface area contributed by atoms with Crippen molar-refractivity contribution in [1.29, 1.82) is 0 Å². The van der Waals surface area contributed by atoms with E-state index >= 15 is 0 Å². The van der Waals surface area contributed by atoms with Gasteiger partial charge in [-0.1, -0.05) is 0 Å². The summed E-state index contributed by atoms with van der Waals surface area (Å²) >= 11 is 1.31. The molecule has 1 aromatic heterocycles. The highest BCUT2D eigenvalue weighted by Crippen LogP contribution is 2.20. The number of carboxylic acid groups (broad SMARTS) is 1. The summed E-state index contributed by atoms with van der Waals surface area (Å²) in [7, 11) is 0. The molecule has 0 aliphatic carbocycles. The number of carbonyl (C=O) groups is 1. The van der Waals surface area contributed by atoms with E-state index in [1.54, 1.807) is 0 Å². The molecule has 5 heteroatoms. The lowest BCUT2D eigenvalue weighted by Gasteiger charge is -2.06. The minimum absolute atomic E-state index is 0.0894. The van der Waals surface area contributed by atoms with Gasteiger partial charge in [0.2, 0.25) is 0 Å². The highest BCUT2D eigenvalue weighted by molar-refractivity contribution is 7.09. The number of thiazole rings is 1. The van der Waals surface area contributed by atoms with Crippen molar-refractivity contribution in [3.05, 3.63) is 16.1 Å². The first-order valence-electron chi connectivity index (χ1n) is 3.95. The zero-order valence-electron chi connectivity index (χ0n) is 7.48. The van der Waals surface area contributed by atoms with Crippen LogP contribution >= 0.6 is 11.3 Å². The van der Waals surface area contributed by atoms with Crippen LogP contribution in [0.5, 0.6) is 0 Å². The summed E-state index contributed by atoms with van der Waals surface area (Å²) in [5.41, 5.74) is 0.0894. The van der Waals surface area contributed by atoms with E-state index < -0.39 is 5.97 Å². The van der Waals surface area contributed by atoms with Crippen molar-refractivity contribution in [2.75, 3.05) is 6.61 Å². The number of ether oxygens (including phenoxy) is 1. The Hall–Kier alpha value is -0.940. The second-order valence-electron chi connectivity index (χ2n) is 2.47. The predicted molar refractivity (Wildman–Crippen MR) is 49.1 cm³/mol. The first kappa shape index (κ1) is 10.1. The summed E-state index contributed by atoms with van der Waals surface area (Å²) in [5, 5.41) is 10.8. The normalized spacial score (nSPS) is 12.8. The van der Waals surface area contributed by atoms with Crippen LogP contribution in [0.1, 0.15) is 35.4 Å². The average molecular weight is 201 g/mol. The van der Waals surface area contributed by atoms with Gasteiger partial charge in [0, 0.05) is 12.0 Å². The van der Waals surface area contributed by atoms with Gasteiger partial charge in [0.1, 0.15) is 11.1 Å². The lowest BCUT2D eigenvalue weighted by Crippen LogP contribution is -2.01. The number of hydrogen-bond donors (Lipinski definition) is 1. The van der Waals surface area contributed by atoms with Crippen LogP contribution in [-0.4, -0.2) is 22.7 Å². The van der Waals surface area contributed by atoms with Gasteiger partial charge in [-0.3, -0.25) is 0 Å². The van der Waals surface area contributed by atoms with Crippen molar-refractivity contribution < 1.29 is 14.6 Å². The van der Waals surface area contributed by atoms with Gasteiger partial charge in [0.25, 0.3) is 0 Å². The summed E-state index contributed by atoms with van der Waals surface area (Å²) in [6, 6.07) is 0. The second kappa shape index (κ2) is 4.34. The molecule has 1 N–H and O–H groups in total. The molecule has 0 aromatic carbocycles. The van der Waals surface area contributed by atoms with Crippen molar-refractivity contribution in [3.8, 4) is 0 Å². The van der Waals surface area contributed by atoms with Crippen LogP contribution in [0.3, 0.4) is 0 Å². The molecule has 0 aliphatic rings. The Labute approximate surface area is 80.2 Å². The third-order valence-electron chi connectivity index (χ3n) is 1.51. The molecule has 72 valence electrons. The van der Waals surface area contributed by atoms with Crippen molar-refractivity contribution in [3.63, 3.8) is 0 Å². The first-order chi connectivity index (χ1) is 6.15. The Morgan fingerprint density at radius 2 is 2.54 bits per heavy atom. The number of rotatable bonds is 4. The zero-order chi connectivity index (χ0) is 9.84. The fourth-order valence-electron chi connectivity index (χ4n) is 0.894. The Morgan fingerprint density at radius 3 is 3.00 bits per heavy atom. The highest BCUT2D eigenvalue weighted by Gasteiger charge is 2.13. The lowest BCUT2D eigenvalue weighted by atomic mass is 10.4. The second-order valence-corrected chi connectivity index (χ2v) is 3.36. The molecule has 4 nitrogen and oxygen atoms in total. The molecule has 13 heavy (non-hydrogen) atoms. The van der Waals surface area contributed by atoms with E-state index in [1.165, 1.54) is 16.7 Å². The lowest BCUT2D eigenvalue weighted by molar-refractivity contribution is 0.0683. The van der Waals surface area contributed by atoms with Crippen LogP contribution in [0.25, 0.3) is 0 Å². The first-order valence-corrected chi connectivity index (χ1v) is 4.83. The highest BCUT2D eigenvalue weighted by atomic mass is 32.1. The van der Waals surface area contributed by atoms with Gasteiger partial charge in [0.15, 0.2) is 5.69 Å². The molecule has 0 spiro atoms. The van der Waals surface area contributed by atoms with Crippen LogP contribution in [-0.2, 0) is 4.74 Å². The molecule has 0 aliphatic heterocycles. The number of carboxylic acids is 1. The minimum Gasteiger partial charge on any atom is -0.476 e. The van der Waals surface area contributed by atoms with Crippen molar-refractivity contribution >= 4 is 17.3 Å². The van der Waals surface area contributed by atoms with Crippen LogP contribution in [0.15, 0.2) is 5.38 Å². The SMILES string of the molecule is CCOC(C)c1nc(C(=O)O)cs1. The van der Waals surface area contributed by atoms with Gasteiger partial charge < -0.3 is 9.84 Å². The largest absolute Gasteiger partial charge is 0.476 e.